The van der Waals surface area contributed by atoms with Gasteiger partial charge in [-0.05, 0) is 42.7 Å². The van der Waals surface area contributed by atoms with Gasteiger partial charge in [0.25, 0.3) is 5.91 Å². The molecular formula is C17H20N4O2. The number of carbonyl (C=O) groups is 1. The first-order valence-electron chi connectivity index (χ1n) is 7.75. The molecule has 2 aromatic heterocycles. The lowest BCUT2D eigenvalue weighted by Crippen LogP contribution is -2.46. The first-order chi connectivity index (χ1) is 11.2. The molecule has 0 saturated carbocycles. The Bertz CT molecular complexity index is 663. The van der Waals surface area contributed by atoms with Gasteiger partial charge in [-0.2, -0.15) is 0 Å². The summed E-state index contributed by atoms with van der Waals surface area (Å²) in [6.07, 6.45) is 6.91. The lowest BCUT2D eigenvalue weighted by atomic mass is 10.1. The van der Waals surface area contributed by atoms with Gasteiger partial charge in [0, 0.05) is 37.7 Å². The molecule has 2 N–H and O–H groups in total. The molecule has 0 aromatic carbocycles. The van der Waals surface area contributed by atoms with Crippen LogP contribution in [0.1, 0.15) is 28.9 Å². The first-order valence-corrected chi connectivity index (χ1v) is 7.75. The van der Waals surface area contributed by atoms with Crippen molar-refractivity contribution >= 4 is 5.91 Å². The second-order valence-corrected chi connectivity index (χ2v) is 5.65. The average molecular weight is 312 g/mol. The Kier molecular flexibility index (Phi) is 4.83. The monoisotopic (exact) mass is 312 g/mol. The summed E-state index contributed by atoms with van der Waals surface area (Å²) in [6, 6.07) is 7.33. The summed E-state index contributed by atoms with van der Waals surface area (Å²) in [4.78, 5) is 22.7. The summed E-state index contributed by atoms with van der Waals surface area (Å²) < 4.78 is 5.79. The molecule has 1 atom stereocenters. The van der Waals surface area contributed by atoms with E-state index in [1.54, 1.807) is 35.6 Å². The molecule has 3 heterocycles. The second kappa shape index (κ2) is 7.19. The zero-order valence-corrected chi connectivity index (χ0v) is 12.9. The van der Waals surface area contributed by atoms with Gasteiger partial charge in [-0.25, -0.2) is 4.98 Å². The molecule has 2 aromatic rings. The van der Waals surface area contributed by atoms with Crippen molar-refractivity contribution in [3.05, 3.63) is 54.1 Å². The van der Waals surface area contributed by atoms with Crippen molar-refractivity contribution in [2.45, 2.75) is 25.5 Å². The number of carbonyl (C=O) groups excluding carboxylic acids is 1. The van der Waals surface area contributed by atoms with Gasteiger partial charge in [0.1, 0.15) is 6.61 Å². The molecule has 6 nitrogen and oxygen atoms in total. The second-order valence-electron chi connectivity index (χ2n) is 5.65. The van der Waals surface area contributed by atoms with E-state index >= 15 is 0 Å². The molecule has 1 fully saturated rings. The maximum absolute atomic E-state index is 12.7. The normalized spacial score (nSPS) is 17.8. The SMILES string of the molecule is N[C@H]1CCCN(C(=O)c2ncccc2OCc2ccncc2)C1. The Morgan fingerprint density at radius 2 is 2.13 bits per heavy atom. The summed E-state index contributed by atoms with van der Waals surface area (Å²) >= 11 is 0. The van der Waals surface area contributed by atoms with Crippen LogP contribution in [0.2, 0.25) is 0 Å². The maximum atomic E-state index is 12.7. The van der Waals surface area contributed by atoms with E-state index in [2.05, 4.69) is 9.97 Å². The zero-order chi connectivity index (χ0) is 16.1. The van der Waals surface area contributed by atoms with Crippen LogP contribution in [0.15, 0.2) is 42.9 Å². The predicted molar refractivity (Wildman–Crippen MR) is 85.9 cm³/mol. The van der Waals surface area contributed by atoms with Gasteiger partial charge in [-0.15, -0.1) is 0 Å². The molecule has 0 unspecified atom stereocenters. The number of likely N-dealkylation sites (tertiary alicyclic amines) is 1. The van der Waals surface area contributed by atoms with Crippen molar-refractivity contribution < 1.29 is 9.53 Å². The molecule has 6 heteroatoms. The van der Waals surface area contributed by atoms with Crippen LogP contribution < -0.4 is 10.5 Å². The first kappa shape index (κ1) is 15.4. The highest BCUT2D eigenvalue weighted by molar-refractivity contribution is 5.95. The molecule has 3 rings (SSSR count). The van der Waals surface area contributed by atoms with E-state index in [-0.39, 0.29) is 11.9 Å². The predicted octanol–water partition coefficient (Wildman–Crippen LogP) is 1.62. The Hall–Kier alpha value is -2.47. The van der Waals surface area contributed by atoms with E-state index in [1.807, 2.05) is 12.1 Å². The van der Waals surface area contributed by atoms with E-state index in [1.165, 1.54) is 0 Å². The fourth-order valence-electron chi connectivity index (χ4n) is 2.65. The molecule has 0 radical (unpaired) electrons. The van der Waals surface area contributed by atoms with Crippen LogP contribution >= 0.6 is 0 Å². The van der Waals surface area contributed by atoms with E-state index in [9.17, 15) is 4.79 Å². The summed E-state index contributed by atoms with van der Waals surface area (Å²) in [5.41, 5.74) is 7.29. The van der Waals surface area contributed by atoms with Crippen LogP contribution in [0.4, 0.5) is 0 Å². The molecular weight excluding hydrogens is 292 g/mol. The van der Waals surface area contributed by atoms with E-state index < -0.39 is 0 Å². The fourth-order valence-corrected chi connectivity index (χ4v) is 2.65. The van der Waals surface area contributed by atoms with Gasteiger partial charge in [-0.3, -0.25) is 9.78 Å². The van der Waals surface area contributed by atoms with Gasteiger partial charge < -0.3 is 15.4 Å². The summed E-state index contributed by atoms with van der Waals surface area (Å²) in [5.74, 6) is 0.374. The minimum atomic E-state index is -0.120. The molecule has 0 spiro atoms. The number of pyridine rings is 2. The van der Waals surface area contributed by atoms with Gasteiger partial charge in [-0.1, -0.05) is 0 Å². The Morgan fingerprint density at radius 3 is 2.91 bits per heavy atom. The van der Waals surface area contributed by atoms with Crippen LogP contribution in [0.3, 0.4) is 0 Å². The Labute approximate surface area is 135 Å². The standard InChI is InChI=1S/C17H20N4O2/c18-14-3-2-10-21(11-14)17(22)16-15(4-1-7-20-16)23-12-13-5-8-19-9-6-13/h1,4-9,14H,2-3,10-12,18H2/t14-/m0/s1. The summed E-state index contributed by atoms with van der Waals surface area (Å²) in [7, 11) is 0. The van der Waals surface area contributed by atoms with Crippen molar-refractivity contribution in [3.63, 3.8) is 0 Å². The van der Waals surface area contributed by atoms with Gasteiger partial charge in [0.2, 0.25) is 0 Å². The highest BCUT2D eigenvalue weighted by Gasteiger charge is 2.25. The van der Waals surface area contributed by atoms with Crippen molar-refractivity contribution in [1.82, 2.24) is 14.9 Å². The molecule has 0 aliphatic carbocycles. The summed E-state index contributed by atoms with van der Waals surface area (Å²) in [6.45, 7) is 1.65. The van der Waals surface area contributed by atoms with Crippen LogP contribution in [-0.2, 0) is 6.61 Å². The van der Waals surface area contributed by atoms with E-state index in [4.69, 9.17) is 10.5 Å². The molecule has 1 aliphatic heterocycles. The highest BCUT2D eigenvalue weighted by Crippen LogP contribution is 2.20. The van der Waals surface area contributed by atoms with Crippen molar-refractivity contribution in [2.75, 3.05) is 13.1 Å². The molecule has 1 amide bonds. The zero-order valence-electron chi connectivity index (χ0n) is 12.9. The van der Waals surface area contributed by atoms with Gasteiger partial charge >= 0.3 is 0 Å². The number of hydrogen-bond acceptors (Lipinski definition) is 5. The quantitative estimate of drug-likeness (QED) is 0.928. The minimum Gasteiger partial charge on any atom is -0.486 e. The van der Waals surface area contributed by atoms with Gasteiger partial charge in [0.05, 0.1) is 0 Å². The third-order valence-corrected chi connectivity index (χ3v) is 3.86. The molecule has 0 bridgehead atoms. The fraction of sp³-hybridized carbons (Fsp3) is 0.353. The lowest BCUT2D eigenvalue weighted by Gasteiger charge is -2.30. The Morgan fingerprint density at radius 1 is 1.30 bits per heavy atom. The molecule has 120 valence electrons. The maximum Gasteiger partial charge on any atom is 0.276 e. The highest BCUT2D eigenvalue weighted by atomic mass is 16.5. The molecule has 1 aliphatic rings. The van der Waals surface area contributed by atoms with Crippen LogP contribution in [-0.4, -0.2) is 39.9 Å². The lowest BCUT2D eigenvalue weighted by molar-refractivity contribution is 0.0697. The molecule has 1 saturated heterocycles. The smallest absolute Gasteiger partial charge is 0.276 e. The largest absolute Gasteiger partial charge is 0.486 e. The Balaban J connectivity index is 1.73. The van der Waals surface area contributed by atoms with E-state index in [0.717, 1.165) is 18.4 Å². The number of amides is 1. The van der Waals surface area contributed by atoms with E-state index in [0.29, 0.717) is 31.1 Å². The topological polar surface area (TPSA) is 81.3 Å². The number of nitrogens with two attached hydrogens (primary N) is 1. The minimum absolute atomic E-state index is 0.0394. The number of nitrogens with zero attached hydrogens (tertiary/aromatic N) is 3. The number of piperidine rings is 1. The molecule has 23 heavy (non-hydrogen) atoms. The van der Waals surface area contributed by atoms with Crippen molar-refractivity contribution in [3.8, 4) is 5.75 Å². The number of ether oxygens (including phenoxy) is 1. The van der Waals surface area contributed by atoms with Crippen molar-refractivity contribution in [1.29, 1.82) is 0 Å². The number of aromatic nitrogens is 2. The van der Waals surface area contributed by atoms with Gasteiger partial charge in [0.15, 0.2) is 11.4 Å². The van der Waals surface area contributed by atoms with Crippen LogP contribution in [0.5, 0.6) is 5.75 Å². The number of hydrogen-bond donors (Lipinski definition) is 1. The third-order valence-electron chi connectivity index (χ3n) is 3.86. The number of rotatable bonds is 4. The average Bonchev–Trinajstić information content (AvgIpc) is 2.60. The third kappa shape index (κ3) is 3.84. The van der Waals surface area contributed by atoms with Crippen LogP contribution in [0, 0.1) is 0 Å². The van der Waals surface area contributed by atoms with Crippen LogP contribution in [0.25, 0.3) is 0 Å². The summed E-state index contributed by atoms with van der Waals surface area (Å²) in [5, 5.41) is 0. The van der Waals surface area contributed by atoms with Crippen molar-refractivity contribution in [2.24, 2.45) is 5.73 Å².